The van der Waals surface area contributed by atoms with Crippen LogP contribution in [0.25, 0.3) is 15.7 Å². The second-order valence-electron chi connectivity index (χ2n) is 4.83. The first-order chi connectivity index (χ1) is 10.6. The van der Waals surface area contributed by atoms with E-state index in [0.29, 0.717) is 15.5 Å². The zero-order valence-electron chi connectivity index (χ0n) is 11.9. The van der Waals surface area contributed by atoms with Crippen molar-refractivity contribution < 1.29 is 9.53 Å². The minimum absolute atomic E-state index is 0.0671. The smallest absolute Gasteiger partial charge is 0.202 e. The fourth-order valence-corrected chi connectivity index (χ4v) is 3.37. The summed E-state index contributed by atoms with van der Waals surface area (Å²) in [7, 11) is 1.63. The Morgan fingerprint density at radius 1 is 1.14 bits per heavy atom. The molecule has 0 N–H and O–H groups in total. The highest BCUT2D eigenvalue weighted by Gasteiger charge is 2.15. The summed E-state index contributed by atoms with van der Waals surface area (Å²) < 4.78 is 6.23. The monoisotopic (exact) mass is 328 g/mol. The Bertz CT molecular complexity index is 862. The number of allylic oxidation sites excluding steroid dienone is 1. The first-order valence-corrected chi connectivity index (χ1v) is 7.85. The van der Waals surface area contributed by atoms with Gasteiger partial charge in [-0.25, -0.2) is 0 Å². The third-order valence-electron chi connectivity index (χ3n) is 3.42. The summed E-state index contributed by atoms with van der Waals surface area (Å²) in [6.07, 6.45) is 0. The number of ether oxygens (including phenoxy) is 1. The molecule has 1 heterocycles. The average Bonchev–Trinajstić information content (AvgIpc) is 2.97. The van der Waals surface area contributed by atoms with Crippen molar-refractivity contribution in [3.63, 3.8) is 0 Å². The number of thiophene rings is 1. The lowest BCUT2D eigenvalue weighted by atomic mass is 10.0. The molecule has 110 valence electrons. The Morgan fingerprint density at radius 2 is 1.86 bits per heavy atom. The quantitative estimate of drug-likeness (QED) is 0.469. The highest BCUT2D eigenvalue weighted by atomic mass is 35.5. The van der Waals surface area contributed by atoms with Crippen molar-refractivity contribution in [1.29, 1.82) is 0 Å². The molecule has 2 nitrogen and oxygen atoms in total. The van der Waals surface area contributed by atoms with Crippen molar-refractivity contribution in [2.24, 2.45) is 0 Å². The van der Waals surface area contributed by atoms with Crippen LogP contribution < -0.4 is 4.74 Å². The van der Waals surface area contributed by atoms with Crippen molar-refractivity contribution in [3.8, 4) is 5.75 Å². The maximum Gasteiger partial charge on any atom is 0.202 e. The van der Waals surface area contributed by atoms with Crippen LogP contribution in [-0.4, -0.2) is 12.9 Å². The minimum Gasteiger partial charge on any atom is -0.497 e. The van der Waals surface area contributed by atoms with Crippen LogP contribution in [0.3, 0.4) is 0 Å². The Hall–Kier alpha value is -2.10. The number of carbonyl (C=O) groups excluding carboxylic acids is 1. The second kappa shape index (κ2) is 5.95. The number of ketones is 1. The third kappa shape index (κ3) is 2.78. The van der Waals surface area contributed by atoms with Gasteiger partial charge in [-0.1, -0.05) is 30.3 Å². The first kappa shape index (κ1) is 14.8. The summed E-state index contributed by atoms with van der Waals surface area (Å²) in [5.74, 6) is 0.715. The molecule has 0 bridgehead atoms. The molecule has 2 aromatic carbocycles. The van der Waals surface area contributed by atoms with E-state index in [4.69, 9.17) is 16.3 Å². The topological polar surface area (TPSA) is 26.3 Å². The van der Waals surface area contributed by atoms with E-state index in [1.165, 1.54) is 11.3 Å². The number of rotatable bonds is 4. The van der Waals surface area contributed by atoms with E-state index in [9.17, 15) is 4.79 Å². The van der Waals surface area contributed by atoms with Gasteiger partial charge in [0, 0.05) is 15.3 Å². The number of carbonyl (C=O) groups is 1. The second-order valence-corrected chi connectivity index (χ2v) is 6.35. The van der Waals surface area contributed by atoms with Crippen molar-refractivity contribution in [3.05, 3.63) is 70.6 Å². The zero-order chi connectivity index (χ0) is 15.7. The largest absolute Gasteiger partial charge is 0.497 e. The average molecular weight is 329 g/mol. The lowest BCUT2D eigenvalue weighted by Crippen LogP contribution is -1.98. The molecule has 0 atom stereocenters. The molecule has 3 rings (SSSR count). The Balaban J connectivity index is 1.94. The van der Waals surface area contributed by atoms with Gasteiger partial charge in [0.05, 0.1) is 12.0 Å². The van der Waals surface area contributed by atoms with Gasteiger partial charge in [-0.3, -0.25) is 4.79 Å². The molecule has 1 aromatic heterocycles. The van der Waals surface area contributed by atoms with E-state index >= 15 is 0 Å². The van der Waals surface area contributed by atoms with E-state index in [1.54, 1.807) is 31.4 Å². The van der Waals surface area contributed by atoms with Gasteiger partial charge >= 0.3 is 0 Å². The highest BCUT2D eigenvalue weighted by molar-refractivity contribution is 7.21. The van der Waals surface area contributed by atoms with Gasteiger partial charge in [-0.15, -0.1) is 11.3 Å². The summed E-state index contributed by atoms with van der Waals surface area (Å²) in [6, 6.07) is 14.8. The maximum absolute atomic E-state index is 12.6. The SMILES string of the molecule is C=C(C(=O)c1cc2ccc(OC)cc2s1)c1ccc(Cl)cc1. The molecule has 0 unspecified atom stereocenters. The van der Waals surface area contributed by atoms with E-state index in [1.807, 2.05) is 24.3 Å². The normalized spacial score (nSPS) is 10.6. The highest BCUT2D eigenvalue weighted by Crippen LogP contribution is 2.31. The molecule has 0 aliphatic rings. The zero-order valence-corrected chi connectivity index (χ0v) is 13.5. The van der Waals surface area contributed by atoms with Crippen LogP contribution in [0, 0.1) is 0 Å². The molecule has 0 radical (unpaired) electrons. The van der Waals surface area contributed by atoms with Crippen molar-refractivity contribution in [1.82, 2.24) is 0 Å². The van der Waals surface area contributed by atoms with Gasteiger partial charge in [-0.05, 0) is 47.3 Å². The van der Waals surface area contributed by atoms with Crippen LogP contribution in [-0.2, 0) is 0 Å². The van der Waals surface area contributed by atoms with Crippen molar-refractivity contribution in [2.75, 3.05) is 7.11 Å². The lowest BCUT2D eigenvalue weighted by molar-refractivity contribution is 0.106. The molecule has 0 amide bonds. The molecule has 0 fully saturated rings. The van der Waals surface area contributed by atoms with Crippen LogP contribution in [0.4, 0.5) is 0 Å². The number of fused-ring (bicyclic) bond motifs is 1. The summed E-state index contributed by atoms with van der Waals surface area (Å²) >= 11 is 7.32. The lowest BCUT2D eigenvalue weighted by Gasteiger charge is -2.03. The van der Waals surface area contributed by atoms with Crippen LogP contribution in [0.1, 0.15) is 15.2 Å². The minimum atomic E-state index is -0.0671. The molecule has 4 heteroatoms. The van der Waals surface area contributed by atoms with Crippen LogP contribution in [0.2, 0.25) is 5.02 Å². The van der Waals surface area contributed by atoms with Gasteiger partial charge < -0.3 is 4.74 Å². The summed E-state index contributed by atoms with van der Waals surface area (Å²) in [5.41, 5.74) is 1.25. The van der Waals surface area contributed by atoms with E-state index in [-0.39, 0.29) is 5.78 Å². The predicted octanol–water partition coefficient (Wildman–Crippen LogP) is 5.46. The number of halogens is 1. The molecule has 0 aliphatic heterocycles. The molecule has 0 aliphatic carbocycles. The third-order valence-corrected chi connectivity index (χ3v) is 4.77. The Morgan fingerprint density at radius 3 is 2.55 bits per heavy atom. The molecule has 22 heavy (non-hydrogen) atoms. The van der Waals surface area contributed by atoms with Gasteiger partial charge in [0.1, 0.15) is 5.75 Å². The maximum atomic E-state index is 12.6. The van der Waals surface area contributed by atoms with Crippen LogP contribution in [0.15, 0.2) is 55.1 Å². The van der Waals surface area contributed by atoms with Gasteiger partial charge in [-0.2, -0.15) is 0 Å². The van der Waals surface area contributed by atoms with E-state index in [0.717, 1.165) is 21.4 Å². The summed E-state index contributed by atoms with van der Waals surface area (Å²) in [5, 5.41) is 1.66. The van der Waals surface area contributed by atoms with Crippen LogP contribution >= 0.6 is 22.9 Å². The molecule has 3 aromatic rings. The molecule has 0 spiro atoms. The number of methoxy groups -OCH3 is 1. The fourth-order valence-electron chi connectivity index (χ4n) is 2.18. The Labute approximate surface area is 137 Å². The van der Waals surface area contributed by atoms with E-state index < -0.39 is 0 Å². The standard InChI is InChI=1S/C18H13ClO2S/c1-11(12-3-6-14(19)7-4-12)18(20)17-9-13-5-8-15(21-2)10-16(13)22-17/h3-10H,1H2,2H3. The van der Waals surface area contributed by atoms with Crippen molar-refractivity contribution >= 4 is 44.4 Å². The number of hydrogen-bond donors (Lipinski definition) is 0. The molecular formula is C18H13ClO2S. The number of hydrogen-bond acceptors (Lipinski definition) is 3. The van der Waals surface area contributed by atoms with Gasteiger partial charge in [0.2, 0.25) is 5.78 Å². The Kier molecular flexibility index (Phi) is 4.01. The number of benzene rings is 2. The summed E-state index contributed by atoms with van der Waals surface area (Å²) in [4.78, 5) is 13.3. The van der Waals surface area contributed by atoms with Gasteiger partial charge in [0.15, 0.2) is 0 Å². The first-order valence-electron chi connectivity index (χ1n) is 6.65. The molecule has 0 saturated heterocycles. The predicted molar refractivity (Wildman–Crippen MR) is 93.2 cm³/mol. The molecule has 0 saturated carbocycles. The van der Waals surface area contributed by atoms with Crippen LogP contribution in [0.5, 0.6) is 5.75 Å². The fraction of sp³-hybridized carbons (Fsp3) is 0.0556. The number of Topliss-reactive ketones (excluding diaryl/α,β-unsaturated/α-hetero) is 1. The van der Waals surface area contributed by atoms with E-state index in [2.05, 4.69) is 6.58 Å². The molecular weight excluding hydrogens is 316 g/mol. The van der Waals surface area contributed by atoms with Crippen molar-refractivity contribution in [2.45, 2.75) is 0 Å². The van der Waals surface area contributed by atoms with Gasteiger partial charge in [0.25, 0.3) is 0 Å². The summed E-state index contributed by atoms with van der Waals surface area (Å²) in [6.45, 7) is 3.92.